The van der Waals surface area contributed by atoms with Gasteiger partial charge in [0.25, 0.3) is 0 Å². The van der Waals surface area contributed by atoms with Crippen LogP contribution in [0, 0.1) is 0 Å². The highest BCUT2D eigenvalue weighted by atomic mass is 16.4. The number of hydrogen-bond acceptors (Lipinski definition) is 4. The van der Waals surface area contributed by atoms with Crippen LogP contribution in [0.15, 0.2) is 42.5 Å². The standard InChI is InChI=1S/C20H25N3O2/c1-15(2)17-8-6-16(7-9-17)14-22-10-12-23(13-11-22)19-5-3-4-18(21-19)20(24)25/h3-9,15H,10-14H2,1-2H3,(H,24,25). The molecule has 0 atom stereocenters. The highest BCUT2D eigenvalue weighted by Gasteiger charge is 2.19. The molecule has 1 aromatic carbocycles. The maximum atomic E-state index is 11.1. The molecule has 0 spiro atoms. The van der Waals surface area contributed by atoms with Gasteiger partial charge in [-0.3, -0.25) is 4.90 Å². The van der Waals surface area contributed by atoms with E-state index in [0.717, 1.165) is 38.5 Å². The summed E-state index contributed by atoms with van der Waals surface area (Å²) >= 11 is 0. The topological polar surface area (TPSA) is 56.7 Å². The van der Waals surface area contributed by atoms with Crippen LogP contribution in [0.3, 0.4) is 0 Å². The Hall–Kier alpha value is -2.40. The Bertz CT molecular complexity index is 720. The largest absolute Gasteiger partial charge is 0.477 e. The fourth-order valence-corrected chi connectivity index (χ4v) is 3.12. The van der Waals surface area contributed by atoms with Crippen molar-refractivity contribution >= 4 is 11.8 Å². The van der Waals surface area contributed by atoms with E-state index in [9.17, 15) is 4.79 Å². The Morgan fingerprint density at radius 2 is 1.76 bits per heavy atom. The number of aromatic carboxylic acids is 1. The minimum atomic E-state index is -0.981. The molecule has 2 heterocycles. The van der Waals surface area contributed by atoms with Gasteiger partial charge in [0.2, 0.25) is 0 Å². The molecule has 0 unspecified atom stereocenters. The molecule has 0 aliphatic carbocycles. The average molecular weight is 339 g/mol. The lowest BCUT2D eigenvalue weighted by Gasteiger charge is -2.35. The zero-order valence-corrected chi connectivity index (χ0v) is 14.9. The molecule has 5 heteroatoms. The first-order valence-corrected chi connectivity index (χ1v) is 8.79. The van der Waals surface area contributed by atoms with Crippen molar-refractivity contribution < 1.29 is 9.90 Å². The summed E-state index contributed by atoms with van der Waals surface area (Å²) in [5.41, 5.74) is 2.81. The number of benzene rings is 1. The van der Waals surface area contributed by atoms with Crippen molar-refractivity contribution in [1.82, 2.24) is 9.88 Å². The van der Waals surface area contributed by atoms with E-state index in [2.05, 4.69) is 52.9 Å². The summed E-state index contributed by atoms with van der Waals surface area (Å²) in [5.74, 6) is 0.331. The first-order chi connectivity index (χ1) is 12.0. The second-order valence-electron chi connectivity index (χ2n) is 6.85. The Balaban J connectivity index is 1.56. The van der Waals surface area contributed by atoms with Crippen LogP contribution in [-0.4, -0.2) is 47.1 Å². The van der Waals surface area contributed by atoms with Crippen molar-refractivity contribution in [3.63, 3.8) is 0 Å². The summed E-state index contributed by atoms with van der Waals surface area (Å²) < 4.78 is 0. The molecule has 1 N–H and O–H groups in total. The Kier molecular flexibility index (Phi) is 5.34. The number of piperazine rings is 1. The molecule has 0 bridgehead atoms. The lowest BCUT2D eigenvalue weighted by atomic mass is 10.0. The normalized spacial score (nSPS) is 15.6. The summed E-state index contributed by atoms with van der Waals surface area (Å²) in [6.07, 6.45) is 0. The maximum absolute atomic E-state index is 11.1. The highest BCUT2D eigenvalue weighted by molar-refractivity contribution is 5.85. The van der Waals surface area contributed by atoms with Crippen LogP contribution in [0.4, 0.5) is 5.82 Å². The average Bonchev–Trinajstić information content (AvgIpc) is 2.63. The van der Waals surface area contributed by atoms with Crippen LogP contribution >= 0.6 is 0 Å². The first-order valence-electron chi connectivity index (χ1n) is 8.79. The van der Waals surface area contributed by atoms with E-state index < -0.39 is 5.97 Å². The fourth-order valence-electron chi connectivity index (χ4n) is 3.12. The van der Waals surface area contributed by atoms with Gasteiger partial charge in [-0.05, 0) is 29.2 Å². The molecule has 25 heavy (non-hydrogen) atoms. The fraction of sp³-hybridized carbons (Fsp3) is 0.400. The van der Waals surface area contributed by atoms with Crippen molar-refractivity contribution in [2.24, 2.45) is 0 Å². The lowest BCUT2D eigenvalue weighted by molar-refractivity contribution is 0.0690. The van der Waals surface area contributed by atoms with Crippen molar-refractivity contribution in [2.75, 3.05) is 31.1 Å². The number of anilines is 1. The van der Waals surface area contributed by atoms with Gasteiger partial charge in [0, 0.05) is 32.7 Å². The van der Waals surface area contributed by atoms with Crippen molar-refractivity contribution in [1.29, 1.82) is 0 Å². The first kappa shape index (κ1) is 17.4. The number of pyridine rings is 1. The molecular formula is C20H25N3O2. The zero-order valence-electron chi connectivity index (χ0n) is 14.9. The minimum Gasteiger partial charge on any atom is -0.477 e. The quantitative estimate of drug-likeness (QED) is 0.906. The number of hydrogen-bond donors (Lipinski definition) is 1. The van der Waals surface area contributed by atoms with Crippen LogP contribution in [0.25, 0.3) is 0 Å². The summed E-state index contributed by atoms with van der Waals surface area (Å²) in [4.78, 5) is 19.9. The molecule has 1 aliphatic heterocycles. The van der Waals surface area contributed by atoms with Gasteiger partial charge in [0.05, 0.1) is 0 Å². The molecule has 0 radical (unpaired) electrons. The van der Waals surface area contributed by atoms with Crippen LogP contribution in [0.5, 0.6) is 0 Å². The zero-order chi connectivity index (χ0) is 17.8. The Morgan fingerprint density at radius 3 is 2.36 bits per heavy atom. The number of carboxylic acids is 1. The molecule has 2 aromatic rings. The Morgan fingerprint density at radius 1 is 1.08 bits per heavy atom. The summed E-state index contributed by atoms with van der Waals surface area (Å²) in [7, 11) is 0. The van der Waals surface area contributed by atoms with E-state index in [0.29, 0.717) is 5.92 Å². The van der Waals surface area contributed by atoms with Crippen molar-refractivity contribution in [2.45, 2.75) is 26.3 Å². The number of carboxylic acid groups (broad SMARTS) is 1. The van der Waals surface area contributed by atoms with E-state index in [1.165, 1.54) is 17.2 Å². The second kappa shape index (κ2) is 7.66. The van der Waals surface area contributed by atoms with Gasteiger partial charge in [0.1, 0.15) is 5.82 Å². The van der Waals surface area contributed by atoms with E-state index in [4.69, 9.17) is 5.11 Å². The molecule has 132 valence electrons. The van der Waals surface area contributed by atoms with E-state index in [-0.39, 0.29) is 5.69 Å². The third kappa shape index (κ3) is 4.37. The third-order valence-electron chi connectivity index (χ3n) is 4.70. The van der Waals surface area contributed by atoms with Gasteiger partial charge < -0.3 is 10.0 Å². The summed E-state index contributed by atoms with van der Waals surface area (Å²) in [5, 5.41) is 9.08. The molecule has 3 rings (SSSR count). The predicted octanol–water partition coefficient (Wildman–Crippen LogP) is 3.23. The number of aromatic nitrogens is 1. The summed E-state index contributed by atoms with van der Waals surface area (Å²) in [6.45, 7) is 8.99. The van der Waals surface area contributed by atoms with Crippen LogP contribution in [0.1, 0.15) is 41.4 Å². The third-order valence-corrected chi connectivity index (χ3v) is 4.70. The molecule has 0 amide bonds. The molecule has 5 nitrogen and oxygen atoms in total. The van der Waals surface area contributed by atoms with Crippen LogP contribution in [0.2, 0.25) is 0 Å². The van der Waals surface area contributed by atoms with Crippen molar-refractivity contribution in [3.05, 3.63) is 59.3 Å². The predicted molar refractivity (Wildman–Crippen MR) is 99.2 cm³/mol. The highest BCUT2D eigenvalue weighted by Crippen LogP contribution is 2.18. The molecule has 1 fully saturated rings. The van der Waals surface area contributed by atoms with E-state index in [1.807, 2.05) is 6.07 Å². The summed E-state index contributed by atoms with van der Waals surface area (Å²) in [6, 6.07) is 14.1. The molecule has 0 saturated carbocycles. The lowest BCUT2D eigenvalue weighted by Crippen LogP contribution is -2.46. The SMILES string of the molecule is CC(C)c1ccc(CN2CCN(c3cccc(C(=O)O)n3)CC2)cc1. The van der Waals surface area contributed by atoms with Crippen molar-refractivity contribution in [3.8, 4) is 0 Å². The number of carbonyl (C=O) groups is 1. The monoisotopic (exact) mass is 339 g/mol. The molecule has 1 aliphatic rings. The van der Waals surface area contributed by atoms with E-state index in [1.54, 1.807) is 6.07 Å². The van der Waals surface area contributed by atoms with Gasteiger partial charge in [-0.25, -0.2) is 9.78 Å². The molecule has 1 aromatic heterocycles. The maximum Gasteiger partial charge on any atom is 0.354 e. The van der Waals surface area contributed by atoms with Gasteiger partial charge >= 0.3 is 5.97 Å². The number of rotatable bonds is 5. The van der Waals surface area contributed by atoms with Gasteiger partial charge in [-0.15, -0.1) is 0 Å². The molecular weight excluding hydrogens is 314 g/mol. The van der Waals surface area contributed by atoms with E-state index >= 15 is 0 Å². The van der Waals surface area contributed by atoms with Gasteiger partial charge in [-0.1, -0.05) is 44.2 Å². The van der Waals surface area contributed by atoms with Crippen LogP contribution in [-0.2, 0) is 6.54 Å². The van der Waals surface area contributed by atoms with Crippen LogP contribution < -0.4 is 4.90 Å². The number of nitrogens with zero attached hydrogens (tertiary/aromatic N) is 3. The molecule has 1 saturated heterocycles. The second-order valence-corrected chi connectivity index (χ2v) is 6.85. The smallest absolute Gasteiger partial charge is 0.354 e. The minimum absolute atomic E-state index is 0.102. The van der Waals surface area contributed by atoms with Gasteiger partial charge in [0.15, 0.2) is 5.69 Å². The Labute approximate surface area is 148 Å². The van der Waals surface area contributed by atoms with Gasteiger partial charge in [-0.2, -0.15) is 0 Å².